The molecule has 1 heterocycles. The Hall–Kier alpha value is 1.73. The third-order valence-corrected chi connectivity index (χ3v) is 9.44. The fourth-order valence-corrected chi connectivity index (χ4v) is 7.49. The van der Waals surface area contributed by atoms with Gasteiger partial charge in [-0.3, -0.25) is 0 Å². The normalized spacial score (nSPS) is 63.2. The first kappa shape index (κ1) is 13.4. The minimum Gasteiger partial charge on any atom is -0.368 e. The molecule has 1 aliphatic heterocycles. The maximum atomic E-state index is 6.65. The number of hydrogen-bond donors (Lipinski definition) is 0. The minimum atomic E-state index is -1.50. The van der Waals surface area contributed by atoms with E-state index in [0.29, 0.717) is 0 Å². The quantitative estimate of drug-likeness (QED) is 0.441. The minimum absolute atomic E-state index is 0.0608. The van der Waals surface area contributed by atoms with Crippen LogP contribution in [0.25, 0.3) is 0 Å². The van der Waals surface area contributed by atoms with Crippen molar-refractivity contribution in [3.8, 4) is 0 Å². The van der Waals surface area contributed by atoms with Gasteiger partial charge in [0.1, 0.15) is 15.9 Å². The molecular weight excluding hydrogens is 384 g/mol. The van der Waals surface area contributed by atoms with Gasteiger partial charge in [0, 0.05) is 11.8 Å². The summed E-state index contributed by atoms with van der Waals surface area (Å²) in [5.74, 6) is -0.457. The van der Waals surface area contributed by atoms with Crippen LogP contribution in [0.1, 0.15) is 0 Å². The first-order chi connectivity index (χ1) is 8.20. The molecule has 3 fully saturated rings. The molecule has 0 aromatic rings. The van der Waals surface area contributed by atoms with E-state index in [1.807, 2.05) is 0 Å². The Morgan fingerprint density at radius 1 is 0.833 bits per heavy atom. The summed E-state index contributed by atoms with van der Waals surface area (Å²) < 4.78 is 4.00. The average Bonchev–Trinajstić information content (AvgIpc) is 2.98. The summed E-state index contributed by atoms with van der Waals surface area (Å²) in [5, 5.41) is 0.111. The van der Waals surface area contributed by atoms with Gasteiger partial charge in [0.2, 0.25) is 0 Å². The van der Waals surface area contributed by atoms with Crippen LogP contribution < -0.4 is 0 Å². The van der Waals surface area contributed by atoms with Crippen LogP contribution in [0.15, 0.2) is 10.1 Å². The Kier molecular flexibility index (Phi) is 2.52. The smallest absolute Gasteiger partial charge is 0.166 e. The van der Waals surface area contributed by atoms with Crippen molar-refractivity contribution in [2.75, 3.05) is 0 Å². The molecule has 0 N–H and O–H groups in total. The van der Waals surface area contributed by atoms with Crippen molar-refractivity contribution in [2.24, 2.45) is 11.8 Å². The molecule has 18 heavy (non-hydrogen) atoms. The molecule has 0 aromatic carbocycles. The standard InChI is InChI=1S/C10H5Cl7O/c11-3-1-2(4-5(3)18-4)9(15)7(13)6(12)8(1,14)10(9,16)17/h1-5H/t1-,2+,3+,4-,5+,8+,9+/m1/s1. The number of rotatable bonds is 0. The summed E-state index contributed by atoms with van der Waals surface area (Å²) in [6.07, 6.45) is -0.152. The van der Waals surface area contributed by atoms with Crippen molar-refractivity contribution < 1.29 is 4.74 Å². The molecule has 1 nitrogen and oxygen atoms in total. The summed E-state index contributed by atoms with van der Waals surface area (Å²) in [6, 6.07) is 0. The van der Waals surface area contributed by atoms with E-state index in [2.05, 4.69) is 0 Å². The van der Waals surface area contributed by atoms with Gasteiger partial charge in [-0.25, -0.2) is 0 Å². The molecule has 3 aliphatic carbocycles. The lowest BCUT2D eigenvalue weighted by atomic mass is 9.83. The lowest BCUT2D eigenvalue weighted by Crippen LogP contribution is -2.46. The van der Waals surface area contributed by atoms with Crippen LogP contribution >= 0.6 is 81.2 Å². The Morgan fingerprint density at radius 2 is 1.33 bits per heavy atom. The first-order valence-corrected chi connectivity index (χ1v) is 8.02. The first-order valence-electron chi connectivity index (χ1n) is 5.32. The predicted octanol–water partition coefficient (Wildman–Crippen LogP) is 4.45. The van der Waals surface area contributed by atoms with Gasteiger partial charge in [-0.2, -0.15) is 0 Å². The van der Waals surface area contributed by atoms with E-state index in [9.17, 15) is 0 Å². The van der Waals surface area contributed by atoms with Crippen LogP contribution in [-0.2, 0) is 4.74 Å². The van der Waals surface area contributed by atoms with Crippen LogP contribution in [0.2, 0.25) is 0 Å². The summed E-state index contributed by atoms with van der Waals surface area (Å²) in [6.45, 7) is 0. The van der Waals surface area contributed by atoms with Gasteiger partial charge in [0.25, 0.3) is 0 Å². The summed E-state index contributed by atoms with van der Waals surface area (Å²) in [7, 11) is 0. The summed E-state index contributed by atoms with van der Waals surface area (Å²) >= 11 is 45.0. The molecule has 2 saturated carbocycles. The van der Waals surface area contributed by atoms with E-state index in [4.69, 9.17) is 85.9 Å². The van der Waals surface area contributed by atoms with Crippen LogP contribution in [-0.4, -0.2) is 31.7 Å². The number of alkyl halides is 5. The van der Waals surface area contributed by atoms with Gasteiger partial charge in [-0.1, -0.05) is 46.4 Å². The van der Waals surface area contributed by atoms with Gasteiger partial charge < -0.3 is 4.74 Å². The third-order valence-electron chi connectivity index (χ3n) is 4.62. The van der Waals surface area contributed by atoms with E-state index in [1.54, 1.807) is 0 Å². The second-order valence-corrected chi connectivity index (χ2v) is 8.97. The fourth-order valence-electron chi connectivity index (χ4n) is 3.80. The molecule has 0 aromatic heterocycles. The number of hydrogen-bond acceptors (Lipinski definition) is 1. The van der Waals surface area contributed by atoms with Crippen LogP contribution in [0.4, 0.5) is 0 Å². The summed E-state index contributed by atoms with van der Waals surface area (Å²) in [5.41, 5.74) is 0. The number of fused-ring (bicyclic) bond motifs is 7. The zero-order valence-corrected chi connectivity index (χ0v) is 13.7. The molecule has 0 amide bonds. The van der Waals surface area contributed by atoms with Crippen molar-refractivity contribution in [3.05, 3.63) is 10.1 Å². The molecule has 7 atom stereocenters. The Labute approximate surface area is 139 Å². The zero-order chi connectivity index (χ0) is 13.2. The molecule has 0 unspecified atom stereocenters. The highest BCUT2D eigenvalue weighted by molar-refractivity contribution is 6.66. The number of halogens is 7. The SMILES string of the molecule is ClC1=C(Cl)[C@@]2(Cl)[C@H]3[C@H](Cl)[C@@H]4O[C@@H]4[C@H]3[C@@]1(Cl)C2(Cl)Cl. The molecule has 100 valence electrons. The van der Waals surface area contributed by atoms with Crippen molar-refractivity contribution in [1.29, 1.82) is 0 Å². The second kappa shape index (κ2) is 3.38. The van der Waals surface area contributed by atoms with E-state index < -0.39 is 14.1 Å². The lowest BCUT2D eigenvalue weighted by Gasteiger charge is -2.35. The molecule has 0 spiro atoms. The number of epoxide rings is 1. The summed E-state index contributed by atoms with van der Waals surface area (Å²) in [4.78, 5) is -2.48. The highest BCUT2D eigenvalue weighted by atomic mass is 35.5. The highest BCUT2D eigenvalue weighted by Gasteiger charge is 2.89. The van der Waals surface area contributed by atoms with Gasteiger partial charge in [0.15, 0.2) is 4.33 Å². The molecule has 1 saturated heterocycles. The third kappa shape index (κ3) is 1.02. The van der Waals surface area contributed by atoms with Gasteiger partial charge in [-0.05, 0) is 0 Å². The molecular formula is C10H5Cl7O. The van der Waals surface area contributed by atoms with Crippen molar-refractivity contribution in [1.82, 2.24) is 0 Å². The van der Waals surface area contributed by atoms with E-state index in [-0.39, 0.29) is 39.5 Å². The average molecular weight is 389 g/mol. The lowest BCUT2D eigenvalue weighted by molar-refractivity contribution is 0.204. The molecule has 4 aliphatic rings. The molecule has 0 radical (unpaired) electrons. The number of ether oxygens (including phenoxy) is 1. The van der Waals surface area contributed by atoms with Crippen LogP contribution in [0, 0.1) is 11.8 Å². The van der Waals surface area contributed by atoms with E-state index in [1.165, 1.54) is 0 Å². The maximum Gasteiger partial charge on any atom is 0.166 e. The van der Waals surface area contributed by atoms with E-state index >= 15 is 0 Å². The maximum absolute atomic E-state index is 6.65. The molecule has 4 rings (SSSR count). The van der Waals surface area contributed by atoms with Crippen molar-refractivity contribution in [2.45, 2.75) is 31.7 Å². The number of allylic oxidation sites excluding steroid dienone is 2. The van der Waals surface area contributed by atoms with Gasteiger partial charge in [0.05, 0.1) is 21.5 Å². The second-order valence-electron chi connectivity index (χ2n) is 5.19. The van der Waals surface area contributed by atoms with Crippen molar-refractivity contribution >= 4 is 81.2 Å². The molecule has 2 bridgehead atoms. The van der Waals surface area contributed by atoms with Gasteiger partial charge in [-0.15, -0.1) is 34.8 Å². The predicted molar refractivity (Wildman–Crippen MR) is 75.6 cm³/mol. The van der Waals surface area contributed by atoms with Gasteiger partial charge >= 0.3 is 0 Å². The largest absolute Gasteiger partial charge is 0.368 e. The Balaban J connectivity index is 2.01. The zero-order valence-electron chi connectivity index (χ0n) is 8.44. The highest BCUT2D eigenvalue weighted by Crippen LogP contribution is 2.81. The Bertz CT molecular complexity index is 476. The molecule has 8 heteroatoms. The van der Waals surface area contributed by atoms with Crippen LogP contribution in [0.5, 0.6) is 0 Å². The topological polar surface area (TPSA) is 12.5 Å². The van der Waals surface area contributed by atoms with Crippen LogP contribution in [0.3, 0.4) is 0 Å². The monoisotopic (exact) mass is 386 g/mol. The van der Waals surface area contributed by atoms with Crippen molar-refractivity contribution in [3.63, 3.8) is 0 Å². The van der Waals surface area contributed by atoms with E-state index in [0.717, 1.165) is 0 Å². The Morgan fingerprint density at radius 3 is 1.89 bits per heavy atom. The fraction of sp³-hybridized carbons (Fsp3) is 0.800.